The first-order chi connectivity index (χ1) is 8.35. The first kappa shape index (κ1) is 14.9. The minimum Gasteiger partial charge on any atom is -0.330 e. The lowest BCUT2D eigenvalue weighted by Gasteiger charge is -2.22. The van der Waals surface area contributed by atoms with Crippen molar-refractivity contribution in [2.24, 2.45) is 11.1 Å². The second-order valence-corrected chi connectivity index (χ2v) is 5.76. The van der Waals surface area contributed by atoms with Gasteiger partial charge in [-0.2, -0.15) is 0 Å². The van der Waals surface area contributed by atoms with E-state index in [1.807, 2.05) is 13.8 Å². The van der Waals surface area contributed by atoms with Crippen LogP contribution in [-0.2, 0) is 6.54 Å². The van der Waals surface area contributed by atoms with Crippen molar-refractivity contribution in [1.82, 2.24) is 9.55 Å². The van der Waals surface area contributed by atoms with Crippen molar-refractivity contribution in [1.29, 1.82) is 0 Å². The number of aromatic nitrogens is 2. The van der Waals surface area contributed by atoms with Crippen LogP contribution in [0.5, 0.6) is 0 Å². The number of nitrogens with zero attached hydrogens (tertiary/aromatic N) is 2. The van der Waals surface area contributed by atoms with Crippen LogP contribution in [-0.4, -0.2) is 16.1 Å². The van der Waals surface area contributed by atoms with Gasteiger partial charge in [0.25, 0.3) is 5.56 Å². The van der Waals surface area contributed by atoms with Crippen molar-refractivity contribution in [2.45, 2.75) is 53.5 Å². The molecule has 1 aromatic heterocycles. The average molecular weight is 251 g/mol. The second-order valence-electron chi connectivity index (χ2n) is 5.76. The van der Waals surface area contributed by atoms with Gasteiger partial charge >= 0.3 is 0 Å². The molecule has 4 heteroatoms. The molecule has 0 fully saturated rings. The minimum atomic E-state index is 0.0538. The first-order valence-electron chi connectivity index (χ1n) is 6.61. The van der Waals surface area contributed by atoms with Gasteiger partial charge in [-0.3, -0.25) is 9.36 Å². The molecule has 0 atom stereocenters. The fourth-order valence-corrected chi connectivity index (χ4v) is 2.01. The van der Waals surface area contributed by atoms with Crippen molar-refractivity contribution in [3.63, 3.8) is 0 Å². The quantitative estimate of drug-likeness (QED) is 0.787. The van der Waals surface area contributed by atoms with Crippen molar-refractivity contribution in [3.8, 4) is 0 Å². The van der Waals surface area contributed by atoms with Crippen LogP contribution >= 0.6 is 0 Å². The Balaban J connectivity index is 2.53. The predicted molar refractivity (Wildman–Crippen MR) is 74.7 cm³/mol. The Kier molecular flexibility index (Phi) is 5.08. The van der Waals surface area contributed by atoms with Crippen LogP contribution in [0.1, 0.15) is 44.6 Å². The van der Waals surface area contributed by atoms with E-state index < -0.39 is 0 Å². The molecule has 0 saturated carbocycles. The molecule has 18 heavy (non-hydrogen) atoms. The van der Waals surface area contributed by atoms with Crippen molar-refractivity contribution in [2.75, 3.05) is 6.54 Å². The van der Waals surface area contributed by atoms with Gasteiger partial charge in [0.15, 0.2) is 0 Å². The summed E-state index contributed by atoms with van der Waals surface area (Å²) < 4.78 is 1.75. The standard InChI is InChI=1S/C14H25N3O/c1-11-9-13(18)17(12(2)16-11)8-6-5-7-14(3,4)10-15/h9H,5-8,10,15H2,1-4H3. The predicted octanol–water partition coefficient (Wildman–Crippen LogP) is 2.02. The van der Waals surface area contributed by atoms with Gasteiger partial charge in [-0.05, 0) is 38.6 Å². The fraction of sp³-hybridized carbons (Fsp3) is 0.714. The number of rotatable bonds is 6. The molecule has 0 radical (unpaired) electrons. The summed E-state index contributed by atoms with van der Waals surface area (Å²) >= 11 is 0. The Bertz CT molecular complexity index is 449. The van der Waals surface area contributed by atoms with Crippen LogP contribution in [0.3, 0.4) is 0 Å². The van der Waals surface area contributed by atoms with Crippen molar-refractivity contribution in [3.05, 3.63) is 27.9 Å². The number of nitrogens with two attached hydrogens (primary N) is 1. The molecule has 2 N–H and O–H groups in total. The summed E-state index contributed by atoms with van der Waals surface area (Å²) in [4.78, 5) is 16.1. The Morgan fingerprint density at radius 3 is 2.56 bits per heavy atom. The Labute approximate surface area is 109 Å². The summed E-state index contributed by atoms with van der Waals surface area (Å²) in [6, 6.07) is 1.59. The van der Waals surface area contributed by atoms with E-state index in [4.69, 9.17) is 5.73 Å². The van der Waals surface area contributed by atoms with Crippen LogP contribution in [0.2, 0.25) is 0 Å². The van der Waals surface area contributed by atoms with E-state index in [-0.39, 0.29) is 11.0 Å². The van der Waals surface area contributed by atoms with Gasteiger partial charge in [-0.15, -0.1) is 0 Å². The van der Waals surface area contributed by atoms with Gasteiger partial charge < -0.3 is 5.73 Å². The second kappa shape index (κ2) is 6.14. The van der Waals surface area contributed by atoms with Crippen LogP contribution in [0, 0.1) is 19.3 Å². The molecule has 102 valence electrons. The Hall–Kier alpha value is -1.16. The zero-order chi connectivity index (χ0) is 13.8. The molecule has 1 aromatic rings. The highest BCUT2D eigenvalue weighted by atomic mass is 16.1. The molecule has 0 aliphatic rings. The third-order valence-electron chi connectivity index (χ3n) is 3.37. The van der Waals surface area contributed by atoms with E-state index in [2.05, 4.69) is 18.8 Å². The lowest BCUT2D eigenvalue weighted by molar-refractivity contribution is 0.328. The van der Waals surface area contributed by atoms with Crippen LogP contribution in [0.4, 0.5) is 0 Å². The van der Waals surface area contributed by atoms with E-state index in [1.165, 1.54) is 0 Å². The highest BCUT2D eigenvalue weighted by Gasteiger charge is 2.14. The maximum absolute atomic E-state index is 11.8. The molecule has 4 nitrogen and oxygen atoms in total. The van der Waals surface area contributed by atoms with Gasteiger partial charge in [0.1, 0.15) is 5.82 Å². The highest BCUT2D eigenvalue weighted by molar-refractivity contribution is 5.01. The Morgan fingerprint density at radius 1 is 1.33 bits per heavy atom. The van der Waals surface area contributed by atoms with E-state index in [1.54, 1.807) is 10.6 Å². The molecule has 0 amide bonds. The molecule has 0 saturated heterocycles. The largest absolute Gasteiger partial charge is 0.330 e. The summed E-state index contributed by atoms with van der Waals surface area (Å²) in [6.07, 6.45) is 3.18. The number of aryl methyl sites for hydroxylation is 2. The normalized spacial score (nSPS) is 11.8. The number of hydrogen-bond acceptors (Lipinski definition) is 3. The molecule has 0 unspecified atom stereocenters. The van der Waals surface area contributed by atoms with Crippen LogP contribution in [0.15, 0.2) is 10.9 Å². The minimum absolute atomic E-state index is 0.0538. The average Bonchev–Trinajstić information content (AvgIpc) is 2.26. The SMILES string of the molecule is Cc1cc(=O)n(CCCCC(C)(C)CN)c(C)n1. The molecular formula is C14H25N3O. The molecule has 0 aliphatic heterocycles. The maximum atomic E-state index is 11.8. The fourth-order valence-electron chi connectivity index (χ4n) is 2.01. The monoisotopic (exact) mass is 251 g/mol. The lowest BCUT2D eigenvalue weighted by atomic mass is 9.87. The van der Waals surface area contributed by atoms with E-state index in [9.17, 15) is 4.79 Å². The summed E-state index contributed by atoms with van der Waals surface area (Å²) in [6.45, 7) is 9.55. The molecular weight excluding hydrogens is 226 g/mol. The molecule has 0 spiro atoms. The Morgan fingerprint density at radius 2 is 2.00 bits per heavy atom. The summed E-state index contributed by atoms with van der Waals surface area (Å²) in [5.41, 5.74) is 6.74. The topological polar surface area (TPSA) is 60.9 Å². The molecule has 1 rings (SSSR count). The summed E-state index contributed by atoms with van der Waals surface area (Å²) in [5.74, 6) is 0.804. The van der Waals surface area contributed by atoms with Crippen LogP contribution in [0.25, 0.3) is 0 Å². The van der Waals surface area contributed by atoms with Crippen LogP contribution < -0.4 is 11.3 Å². The van der Waals surface area contributed by atoms with Gasteiger partial charge in [0.2, 0.25) is 0 Å². The zero-order valence-corrected chi connectivity index (χ0v) is 12.0. The lowest BCUT2D eigenvalue weighted by Crippen LogP contribution is -2.25. The number of unbranched alkanes of at least 4 members (excludes halogenated alkanes) is 1. The van der Waals surface area contributed by atoms with E-state index >= 15 is 0 Å². The summed E-state index contributed by atoms with van der Waals surface area (Å²) in [7, 11) is 0. The van der Waals surface area contributed by atoms with E-state index in [0.717, 1.165) is 37.3 Å². The zero-order valence-electron chi connectivity index (χ0n) is 12.0. The third-order valence-corrected chi connectivity index (χ3v) is 3.37. The van der Waals surface area contributed by atoms with Gasteiger partial charge in [0.05, 0.1) is 0 Å². The molecule has 0 aromatic carbocycles. The van der Waals surface area contributed by atoms with Gasteiger partial charge in [0, 0.05) is 18.3 Å². The number of hydrogen-bond donors (Lipinski definition) is 1. The van der Waals surface area contributed by atoms with E-state index in [0.29, 0.717) is 6.54 Å². The maximum Gasteiger partial charge on any atom is 0.253 e. The highest BCUT2D eigenvalue weighted by Crippen LogP contribution is 2.21. The molecule has 1 heterocycles. The summed E-state index contributed by atoms with van der Waals surface area (Å²) in [5, 5.41) is 0. The molecule has 0 bridgehead atoms. The van der Waals surface area contributed by atoms with Crippen molar-refractivity contribution < 1.29 is 0 Å². The third kappa shape index (κ3) is 4.26. The molecule has 0 aliphatic carbocycles. The van der Waals surface area contributed by atoms with Gasteiger partial charge in [-0.25, -0.2) is 4.98 Å². The van der Waals surface area contributed by atoms with Gasteiger partial charge in [-0.1, -0.05) is 20.3 Å². The van der Waals surface area contributed by atoms with Crippen molar-refractivity contribution >= 4 is 0 Å². The smallest absolute Gasteiger partial charge is 0.253 e. The first-order valence-corrected chi connectivity index (χ1v) is 6.61.